The highest BCUT2D eigenvalue weighted by atomic mass is 16.6. The summed E-state index contributed by atoms with van der Waals surface area (Å²) in [6.45, 7) is 1.25. The number of nitrogens with zero attached hydrogens (tertiary/aromatic N) is 3. The van der Waals surface area contributed by atoms with Crippen LogP contribution in [0.2, 0.25) is 0 Å². The van der Waals surface area contributed by atoms with Crippen LogP contribution in [0.4, 0.5) is 4.79 Å². The van der Waals surface area contributed by atoms with Crippen molar-refractivity contribution in [2.24, 2.45) is 0 Å². The van der Waals surface area contributed by atoms with Gasteiger partial charge in [-0.3, -0.25) is 0 Å². The number of carbonyl (C=O) groups excluding carboxylic acids is 1. The average Bonchev–Trinajstić information content (AvgIpc) is 3.11. The first kappa shape index (κ1) is 16.0. The Labute approximate surface area is 138 Å². The van der Waals surface area contributed by atoms with Gasteiger partial charge in [0.2, 0.25) is 0 Å². The molecule has 8 nitrogen and oxygen atoms in total. The monoisotopic (exact) mass is 330 g/mol. The van der Waals surface area contributed by atoms with Gasteiger partial charge in [-0.1, -0.05) is 30.3 Å². The van der Waals surface area contributed by atoms with Gasteiger partial charge in [0.15, 0.2) is 5.69 Å². The Kier molecular flexibility index (Phi) is 4.74. The molecule has 0 radical (unpaired) electrons. The molecule has 0 saturated carbocycles. The fourth-order valence-corrected chi connectivity index (χ4v) is 2.83. The van der Waals surface area contributed by atoms with Crippen LogP contribution in [-0.2, 0) is 11.3 Å². The maximum atomic E-state index is 12.1. The number of rotatable bonds is 4. The van der Waals surface area contributed by atoms with Crippen LogP contribution >= 0.6 is 0 Å². The third-order valence-electron chi connectivity index (χ3n) is 4.12. The lowest BCUT2D eigenvalue weighted by atomic mass is 9.92. The Morgan fingerprint density at radius 1 is 1.21 bits per heavy atom. The first-order valence-corrected chi connectivity index (χ1v) is 7.74. The number of hydrogen-bond donors (Lipinski definition) is 2. The summed E-state index contributed by atoms with van der Waals surface area (Å²) in [5.74, 6) is -1.11. The number of nitrogens with one attached hydrogen (secondary N) is 1. The molecule has 0 atom stereocenters. The predicted octanol–water partition coefficient (Wildman–Crippen LogP) is 2.02. The normalized spacial score (nSPS) is 15.2. The molecule has 1 aliphatic heterocycles. The second-order valence-electron chi connectivity index (χ2n) is 5.66. The van der Waals surface area contributed by atoms with E-state index in [2.05, 4.69) is 15.4 Å². The smallest absolute Gasteiger partial charge is 0.410 e. The summed E-state index contributed by atoms with van der Waals surface area (Å²) in [7, 11) is 0. The van der Waals surface area contributed by atoms with Crippen LogP contribution in [0.3, 0.4) is 0 Å². The molecule has 3 rings (SSSR count). The van der Waals surface area contributed by atoms with Gasteiger partial charge in [-0.25, -0.2) is 9.59 Å². The van der Waals surface area contributed by atoms with Crippen LogP contribution in [-0.4, -0.2) is 50.6 Å². The standard InChI is InChI=1S/C16H18N4O4/c21-15(22)14-13(17-19-18-14)12-6-8-20(9-7-12)16(23)24-10-11-4-2-1-3-5-11/h1-5,12H,6-10H2,(H,21,22)(H,17,18,19). The summed E-state index contributed by atoms with van der Waals surface area (Å²) in [5.41, 5.74) is 1.36. The molecular weight excluding hydrogens is 312 g/mol. The van der Waals surface area contributed by atoms with Gasteiger partial charge in [-0.2, -0.15) is 10.3 Å². The molecule has 24 heavy (non-hydrogen) atoms. The molecule has 1 aromatic heterocycles. The molecule has 1 fully saturated rings. The number of aromatic amines is 1. The van der Waals surface area contributed by atoms with Gasteiger partial charge in [0.1, 0.15) is 12.3 Å². The Bertz CT molecular complexity index is 708. The van der Waals surface area contributed by atoms with E-state index in [0.29, 0.717) is 31.6 Å². The summed E-state index contributed by atoms with van der Waals surface area (Å²) in [4.78, 5) is 24.9. The van der Waals surface area contributed by atoms with Crippen LogP contribution in [0, 0.1) is 0 Å². The van der Waals surface area contributed by atoms with E-state index in [4.69, 9.17) is 9.84 Å². The third-order valence-corrected chi connectivity index (χ3v) is 4.12. The number of H-pyrrole nitrogens is 1. The van der Waals surface area contributed by atoms with Crippen LogP contribution in [0.1, 0.15) is 40.5 Å². The number of amides is 1. The fraction of sp³-hybridized carbons (Fsp3) is 0.375. The van der Waals surface area contributed by atoms with Gasteiger partial charge in [-0.15, -0.1) is 5.10 Å². The number of aromatic nitrogens is 3. The molecular formula is C16H18N4O4. The highest BCUT2D eigenvalue weighted by Crippen LogP contribution is 2.28. The third kappa shape index (κ3) is 3.53. The van der Waals surface area contributed by atoms with E-state index in [-0.39, 0.29) is 24.3 Å². The molecule has 1 saturated heterocycles. The first-order valence-electron chi connectivity index (χ1n) is 7.74. The zero-order valence-electron chi connectivity index (χ0n) is 13.0. The number of ether oxygens (including phenoxy) is 1. The number of piperidine rings is 1. The van der Waals surface area contributed by atoms with E-state index in [1.165, 1.54) is 0 Å². The average molecular weight is 330 g/mol. The summed E-state index contributed by atoms with van der Waals surface area (Å²) in [6, 6.07) is 9.50. The van der Waals surface area contributed by atoms with Crippen LogP contribution < -0.4 is 0 Å². The minimum atomic E-state index is -1.09. The van der Waals surface area contributed by atoms with E-state index in [9.17, 15) is 9.59 Å². The van der Waals surface area contributed by atoms with Gasteiger partial charge in [0.25, 0.3) is 0 Å². The number of benzene rings is 1. The molecule has 1 aliphatic rings. The molecule has 2 N–H and O–H groups in total. The molecule has 0 spiro atoms. The summed E-state index contributed by atoms with van der Waals surface area (Å²) in [5, 5.41) is 19.1. The van der Waals surface area contributed by atoms with E-state index < -0.39 is 5.97 Å². The zero-order chi connectivity index (χ0) is 16.9. The lowest BCUT2D eigenvalue weighted by molar-refractivity contribution is 0.0684. The molecule has 1 amide bonds. The van der Waals surface area contributed by atoms with Crippen molar-refractivity contribution in [3.8, 4) is 0 Å². The second kappa shape index (κ2) is 7.12. The molecule has 8 heteroatoms. The minimum Gasteiger partial charge on any atom is -0.476 e. The van der Waals surface area contributed by atoms with E-state index >= 15 is 0 Å². The predicted molar refractivity (Wildman–Crippen MR) is 83.5 cm³/mol. The summed E-state index contributed by atoms with van der Waals surface area (Å²) >= 11 is 0. The van der Waals surface area contributed by atoms with Crippen molar-refractivity contribution in [3.05, 3.63) is 47.3 Å². The Morgan fingerprint density at radius 3 is 2.58 bits per heavy atom. The van der Waals surface area contributed by atoms with Crippen molar-refractivity contribution in [1.82, 2.24) is 20.3 Å². The van der Waals surface area contributed by atoms with Gasteiger partial charge in [0.05, 0.1) is 0 Å². The summed E-state index contributed by atoms with van der Waals surface area (Å²) < 4.78 is 5.31. The van der Waals surface area contributed by atoms with Crippen molar-refractivity contribution >= 4 is 12.1 Å². The Morgan fingerprint density at radius 2 is 1.92 bits per heavy atom. The quantitative estimate of drug-likeness (QED) is 0.888. The maximum Gasteiger partial charge on any atom is 0.410 e. The maximum absolute atomic E-state index is 12.1. The fourth-order valence-electron chi connectivity index (χ4n) is 2.83. The van der Waals surface area contributed by atoms with E-state index in [1.54, 1.807) is 4.90 Å². The topological polar surface area (TPSA) is 108 Å². The lowest BCUT2D eigenvalue weighted by Crippen LogP contribution is -2.38. The van der Waals surface area contributed by atoms with Crippen LogP contribution in [0.15, 0.2) is 30.3 Å². The number of carboxylic acid groups (broad SMARTS) is 1. The molecule has 2 heterocycles. The molecule has 2 aromatic rings. The number of hydrogen-bond acceptors (Lipinski definition) is 5. The zero-order valence-corrected chi connectivity index (χ0v) is 13.0. The molecule has 0 aliphatic carbocycles. The Balaban J connectivity index is 1.52. The SMILES string of the molecule is O=C(O)c1n[nH]nc1C1CCN(C(=O)OCc2ccccc2)CC1. The Hall–Kier alpha value is -2.90. The van der Waals surface area contributed by atoms with Gasteiger partial charge in [-0.05, 0) is 18.4 Å². The highest BCUT2D eigenvalue weighted by Gasteiger charge is 2.29. The van der Waals surface area contributed by atoms with E-state index in [0.717, 1.165) is 5.56 Å². The molecule has 0 bridgehead atoms. The number of carboxylic acids is 1. The number of carbonyl (C=O) groups is 2. The van der Waals surface area contributed by atoms with Crippen LogP contribution in [0.25, 0.3) is 0 Å². The van der Waals surface area contributed by atoms with E-state index in [1.807, 2.05) is 30.3 Å². The number of likely N-dealkylation sites (tertiary alicyclic amines) is 1. The first-order chi connectivity index (χ1) is 11.6. The van der Waals surface area contributed by atoms with Crippen molar-refractivity contribution in [3.63, 3.8) is 0 Å². The second-order valence-corrected chi connectivity index (χ2v) is 5.66. The van der Waals surface area contributed by atoms with Crippen LogP contribution in [0.5, 0.6) is 0 Å². The highest BCUT2D eigenvalue weighted by molar-refractivity contribution is 5.86. The van der Waals surface area contributed by atoms with Gasteiger partial charge >= 0.3 is 12.1 Å². The lowest BCUT2D eigenvalue weighted by Gasteiger charge is -2.30. The van der Waals surface area contributed by atoms with Gasteiger partial charge in [0, 0.05) is 19.0 Å². The van der Waals surface area contributed by atoms with Crippen molar-refractivity contribution in [1.29, 1.82) is 0 Å². The summed E-state index contributed by atoms with van der Waals surface area (Å²) in [6.07, 6.45) is 0.913. The largest absolute Gasteiger partial charge is 0.476 e. The number of aromatic carboxylic acids is 1. The van der Waals surface area contributed by atoms with Crippen molar-refractivity contribution in [2.75, 3.05) is 13.1 Å². The van der Waals surface area contributed by atoms with Crippen molar-refractivity contribution in [2.45, 2.75) is 25.4 Å². The molecule has 1 aromatic carbocycles. The minimum absolute atomic E-state index is 0.0203. The molecule has 126 valence electrons. The molecule has 0 unspecified atom stereocenters. The van der Waals surface area contributed by atoms with Gasteiger partial charge < -0.3 is 14.7 Å². The van der Waals surface area contributed by atoms with Crippen molar-refractivity contribution < 1.29 is 19.4 Å².